The molecular formula is C18H24N2O. The SMILES string of the molecule is CCCN(Cc1ccc(OC)cc1)Cc1cccc(N)c1. The molecule has 0 radical (unpaired) electrons. The third-order valence-corrected chi connectivity index (χ3v) is 3.46. The standard InChI is InChI=1S/C18H24N2O/c1-3-11-20(14-16-5-4-6-17(19)12-16)13-15-7-9-18(21-2)10-8-15/h4-10,12H,3,11,13-14,19H2,1-2H3. The molecular weight excluding hydrogens is 260 g/mol. The van der Waals surface area contributed by atoms with Crippen LogP contribution >= 0.6 is 0 Å². The van der Waals surface area contributed by atoms with Crippen molar-refractivity contribution in [2.24, 2.45) is 0 Å². The lowest BCUT2D eigenvalue weighted by Crippen LogP contribution is -2.23. The average molecular weight is 284 g/mol. The van der Waals surface area contributed by atoms with Crippen LogP contribution in [0.3, 0.4) is 0 Å². The van der Waals surface area contributed by atoms with Crippen LogP contribution in [-0.4, -0.2) is 18.6 Å². The monoisotopic (exact) mass is 284 g/mol. The van der Waals surface area contributed by atoms with Crippen molar-refractivity contribution in [3.05, 3.63) is 59.7 Å². The van der Waals surface area contributed by atoms with E-state index in [4.69, 9.17) is 10.5 Å². The van der Waals surface area contributed by atoms with Gasteiger partial charge in [0.1, 0.15) is 5.75 Å². The highest BCUT2D eigenvalue weighted by Crippen LogP contribution is 2.16. The van der Waals surface area contributed by atoms with Crippen molar-refractivity contribution in [3.8, 4) is 5.75 Å². The van der Waals surface area contributed by atoms with Crippen LogP contribution < -0.4 is 10.5 Å². The first-order valence-electron chi connectivity index (χ1n) is 7.41. The average Bonchev–Trinajstić information content (AvgIpc) is 2.48. The molecule has 0 amide bonds. The predicted octanol–water partition coefficient (Wildman–Crippen LogP) is 3.69. The lowest BCUT2D eigenvalue weighted by atomic mass is 10.1. The zero-order valence-corrected chi connectivity index (χ0v) is 12.9. The van der Waals surface area contributed by atoms with Crippen molar-refractivity contribution >= 4 is 5.69 Å². The molecule has 2 aromatic carbocycles. The van der Waals surface area contributed by atoms with Gasteiger partial charge in [0, 0.05) is 18.8 Å². The highest BCUT2D eigenvalue weighted by Gasteiger charge is 2.07. The molecule has 0 aliphatic heterocycles. The smallest absolute Gasteiger partial charge is 0.118 e. The van der Waals surface area contributed by atoms with E-state index < -0.39 is 0 Å². The van der Waals surface area contributed by atoms with Gasteiger partial charge in [-0.15, -0.1) is 0 Å². The van der Waals surface area contributed by atoms with E-state index in [1.54, 1.807) is 7.11 Å². The van der Waals surface area contributed by atoms with Gasteiger partial charge in [0.2, 0.25) is 0 Å². The normalized spacial score (nSPS) is 10.8. The van der Waals surface area contributed by atoms with Gasteiger partial charge >= 0.3 is 0 Å². The van der Waals surface area contributed by atoms with Crippen molar-refractivity contribution in [2.45, 2.75) is 26.4 Å². The Balaban J connectivity index is 2.04. The molecule has 112 valence electrons. The number of hydrogen-bond acceptors (Lipinski definition) is 3. The molecule has 0 saturated heterocycles. The molecule has 2 aromatic rings. The minimum Gasteiger partial charge on any atom is -0.497 e. The molecule has 0 saturated carbocycles. The summed E-state index contributed by atoms with van der Waals surface area (Å²) in [5.74, 6) is 0.900. The second kappa shape index (κ2) is 7.70. The summed E-state index contributed by atoms with van der Waals surface area (Å²) in [5, 5.41) is 0. The quantitative estimate of drug-likeness (QED) is 0.788. The van der Waals surface area contributed by atoms with Crippen LogP contribution in [0.25, 0.3) is 0 Å². The summed E-state index contributed by atoms with van der Waals surface area (Å²) in [6, 6.07) is 16.4. The molecule has 0 fully saturated rings. The van der Waals surface area contributed by atoms with E-state index in [0.29, 0.717) is 0 Å². The number of ether oxygens (including phenoxy) is 1. The van der Waals surface area contributed by atoms with Gasteiger partial charge in [-0.3, -0.25) is 4.90 Å². The topological polar surface area (TPSA) is 38.5 Å². The van der Waals surface area contributed by atoms with Crippen molar-refractivity contribution in [3.63, 3.8) is 0 Å². The van der Waals surface area contributed by atoms with Crippen molar-refractivity contribution in [1.82, 2.24) is 4.90 Å². The van der Waals surface area contributed by atoms with E-state index in [9.17, 15) is 0 Å². The number of methoxy groups -OCH3 is 1. The predicted molar refractivity (Wildman–Crippen MR) is 88.3 cm³/mol. The van der Waals surface area contributed by atoms with Crippen LogP contribution in [0.5, 0.6) is 5.75 Å². The number of nitrogen functional groups attached to an aromatic ring is 1. The molecule has 0 spiro atoms. The fourth-order valence-electron chi connectivity index (χ4n) is 2.47. The fourth-order valence-corrected chi connectivity index (χ4v) is 2.47. The fraction of sp³-hybridized carbons (Fsp3) is 0.333. The summed E-state index contributed by atoms with van der Waals surface area (Å²) in [5.41, 5.74) is 9.25. The van der Waals surface area contributed by atoms with Crippen LogP contribution in [0.2, 0.25) is 0 Å². The minimum absolute atomic E-state index is 0.827. The maximum Gasteiger partial charge on any atom is 0.118 e. The number of anilines is 1. The highest BCUT2D eigenvalue weighted by atomic mass is 16.5. The van der Waals surface area contributed by atoms with Gasteiger partial charge < -0.3 is 10.5 Å². The number of benzene rings is 2. The van der Waals surface area contributed by atoms with Gasteiger partial charge in [-0.1, -0.05) is 31.2 Å². The van der Waals surface area contributed by atoms with E-state index in [1.165, 1.54) is 11.1 Å². The maximum absolute atomic E-state index is 5.86. The molecule has 0 aliphatic carbocycles. The van der Waals surface area contributed by atoms with Crippen molar-refractivity contribution < 1.29 is 4.74 Å². The zero-order valence-electron chi connectivity index (χ0n) is 12.9. The molecule has 0 bridgehead atoms. The van der Waals surface area contributed by atoms with E-state index >= 15 is 0 Å². The van der Waals surface area contributed by atoms with E-state index in [0.717, 1.165) is 37.5 Å². The summed E-state index contributed by atoms with van der Waals surface area (Å²) >= 11 is 0. The van der Waals surface area contributed by atoms with Crippen LogP contribution in [-0.2, 0) is 13.1 Å². The van der Waals surface area contributed by atoms with Crippen molar-refractivity contribution in [2.75, 3.05) is 19.4 Å². The van der Waals surface area contributed by atoms with Gasteiger partial charge in [0.25, 0.3) is 0 Å². The number of rotatable bonds is 7. The number of hydrogen-bond donors (Lipinski definition) is 1. The molecule has 0 heterocycles. The number of nitrogens with two attached hydrogens (primary N) is 1. The van der Waals surface area contributed by atoms with Crippen molar-refractivity contribution in [1.29, 1.82) is 0 Å². The zero-order chi connectivity index (χ0) is 15.1. The van der Waals surface area contributed by atoms with Gasteiger partial charge in [0.15, 0.2) is 0 Å². The van der Waals surface area contributed by atoms with E-state index in [1.807, 2.05) is 24.3 Å². The molecule has 2 rings (SSSR count). The Hall–Kier alpha value is -2.00. The summed E-state index contributed by atoms with van der Waals surface area (Å²) in [6.07, 6.45) is 1.14. The summed E-state index contributed by atoms with van der Waals surface area (Å²) in [6.45, 7) is 5.14. The summed E-state index contributed by atoms with van der Waals surface area (Å²) in [4.78, 5) is 2.44. The Morgan fingerprint density at radius 2 is 1.71 bits per heavy atom. The third kappa shape index (κ3) is 4.80. The van der Waals surface area contributed by atoms with Gasteiger partial charge in [-0.2, -0.15) is 0 Å². The second-order valence-electron chi connectivity index (χ2n) is 5.30. The Kier molecular flexibility index (Phi) is 5.64. The van der Waals surface area contributed by atoms with Gasteiger partial charge in [0.05, 0.1) is 7.11 Å². The Morgan fingerprint density at radius 1 is 1.00 bits per heavy atom. The first-order valence-corrected chi connectivity index (χ1v) is 7.41. The van der Waals surface area contributed by atoms with Crippen LogP contribution in [0.1, 0.15) is 24.5 Å². The molecule has 3 heteroatoms. The summed E-state index contributed by atoms with van der Waals surface area (Å²) < 4.78 is 5.20. The molecule has 0 unspecified atom stereocenters. The van der Waals surface area contributed by atoms with Crippen LogP contribution in [0.15, 0.2) is 48.5 Å². The van der Waals surface area contributed by atoms with E-state index in [2.05, 4.69) is 36.1 Å². The lowest BCUT2D eigenvalue weighted by molar-refractivity contribution is 0.257. The van der Waals surface area contributed by atoms with Gasteiger partial charge in [-0.25, -0.2) is 0 Å². The molecule has 0 atom stereocenters. The minimum atomic E-state index is 0.827. The highest BCUT2D eigenvalue weighted by molar-refractivity contribution is 5.40. The Bertz CT molecular complexity index is 551. The number of nitrogens with zero attached hydrogens (tertiary/aromatic N) is 1. The largest absolute Gasteiger partial charge is 0.497 e. The summed E-state index contributed by atoms with van der Waals surface area (Å²) in [7, 11) is 1.69. The Labute approximate surface area is 127 Å². The van der Waals surface area contributed by atoms with Crippen LogP contribution in [0.4, 0.5) is 5.69 Å². The first kappa shape index (κ1) is 15.4. The maximum atomic E-state index is 5.86. The third-order valence-electron chi connectivity index (χ3n) is 3.46. The molecule has 2 N–H and O–H groups in total. The molecule has 21 heavy (non-hydrogen) atoms. The Morgan fingerprint density at radius 3 is 2.33 bits per heavy atom. The van der Waals surface area contributed by atoms with E-state index in [-0.39, 0.29) is 0 Å². The second-order valence-corrected chi connectivity index (χ2v) is 5.30. The van der Waals surface area contributed by atoms with Crippen LogP contribution in [0, 0.1) is 0 Å². The van der Waals surface area contributed by atoms with Gasteiger partial charge in [-0.05, 0) is 48.4 Å². The molecule has 0 aromatic heterocycles. The lowest BCUT2D eigenvalue weighted by Gasteiger charge is -2.22. The first-order chi connectivity index (χ1) is 10.2. The molecule has 3 nitrogen and oxygen atoms in total. The molecule has 0 aliphatic rings.